The molecule has 0 rings (SSSR count). The highest BCUT2D eigenvalue weighted by atomic mass is 32.2. The number of ketones is 1. The van der Waals surface area contributed by atoms with E-state index < -0.39 is 5.97 Å². The Bertz CT molecular complexity index is 363. The van der Waals surface area contributed by atoms with Crippen LogP contribution in [0.1, 0.15) is 109 Å². The van der Waals surface area contributed by atoms with Gasteiger partial charge in [-0.25, -0.2) is 0 Å². The van der Waals surface area contributed by atoms with Crippen LogP contribution in [-0.4, -0.2) is 34.9 Å². The third-order valence-corrected chi connectivity index (χ3v) is 5.77. The van der Waals surface area contributed by atoms with Gasteiger partial charge in [0.2, 0.25) is 0 Å². The summed E-state index contributed by atoms with van der Waals surface area (Å²) in [6.45, 7) is 0. The first-order chi connectivity index (χ1) is 13.1. The van der Waals surface area contributed by atoms with Crippen LogP contribution in [0.5, 0.6) is 0 Å². The van der Waals surface area contributed by atoms with Crippen LogP contribution in [0, 0.1) is 0 Å². The van der Waals surface area contributed by atoms with Gasteiger partial charge in [-0.3, -0.25) is 9.59 Å². The predicted octanol–water partition coefficient (Wildman–Crippen LogP) is 5.96. The van der Waals surface area contributed by atoms with Crippen molar-refractivity contribution in [1.82, 2.24) is 0 Å². The maximum atomic E-state index is 11.7. The fourth-order valence-corrected chi connectivity index (χ4v) is 3.88. The molecule has 5 heteroatoms. The van der Waals surface area contributed by atoms with Gasteiger partial charge in [-0.2, -0.15) is 11.8 Å². The summed E-state index contributed by atoms with van der Waals surface area (Å²) < 4.78 is 0. The van der Waals surface area contributed by atoms with E-state index in [4.69, 9.17) is 10.8 Å². The number of hydrogen-bond acceptors (Lipinski definition) is 4. The third kappa shape index (κ3) is 20.0. The molecule has 0 amide bonds. The third-order valence-electron chi connectivity index (χ3n) is 5.07. The van der Waals surface area contributed by atoms with E-state index in [2.05, 4.69) is 0 Å². The molecule has 27 heavy (non-hydrogen) atoms. The van der Waals surface area contributed by atoms with Gasteiger partial charge in [-0.1, -0.05) is 83.5 Å². The van der Waals surface area contributed by atoms with E-state index in [1.807, 2.05) is 6.26 Å². The summed E-state index contributed by atoms with van der Waals surface area (Å²) in [5.41, 5.74) is 5.81. The molecule has 0 saturated heterocycles. The van der Waals surface area contributed by atoms with Crippen molar-refractivity contribution >= 4 is 23.5 Å². The average Bonchev–Trinajstić information content (AvgIpc) is 2.64. The summed E-state index contributed by atoms with van der Waals surface area (Å²) in [5.74, 6) is 0.298. The fraction of sp³-hybridized carbons (Fsp3) is 0.909. The number of unbranched alkanes of at least 4 members (excludes halogenated alkanes) is 14. The number of aliphatic carboxylic acids is 1. The van der Waals surface area contributed by atoms with Gasteiger partial charge in [0.05, 0.1) is 6.04 Å². The molecule has 0 aromatic heterocycles. The van der Waals surface area contributed by atoms with Crippen LogP contribution in [-0.2, 0) is 9.59 Å². The highest BCUT2D eigenvalue weighted by Gasteiger charge is 2.11. The highest BCUT2D eigenvalue weighted by molar-refractivity contribution is 7.98. The number of carboxylic acids is 1. The molecule has 0 radical (unpaired) electrons. The SMILES string of the molecule is CSCC(N)C(=O)CCCCCCCCCCCCCCCCCC(=O)O. The molecule has 0 aliphatic heterocycles. The molecule has 0 aromatic carbocycles. The number of hydrogen-bond donors (Lipinski definition) is 2. The summed E-state index contributed by atoms with van der Waals surface area (Å²) in [5, 5.41) is 8.57. The molecular weight excluding hydrogens is 358 g/mol. The zero-order valence-corrected chi connectivity index (χ0v) is 18.4. The maximum Gasteiger partial charge on any atom is 0.303 e. The molecule has 0 spiro atoms. The Morgan fingerprint density at radius 1 is 0.704 bits per heavy atom. The number of Topliss-reactive ketones (excluding diaryl/α,β-unsaturated/α-hetero) is 1. The Morgan fingerprint density at radius 3 is 1.37 bits per heavy atom. The Labute approximate surface area is 171 Å². The van der Waals surface area contributed by atoms with Gasteiger partial charge >= 0.3 is 5.97 Å². The molecule has 1 atom stereocenters. The van der Waals surface area contributed by atoms with Crippen molar-refractivity contribution in [2.45, 2.75) is 115 Å². The van der Waals surface area contributed by atoms with Crippen LogP contribution in [0.3, 0.4) is 0 Å². The lowest BCUT2D eigenvalue weighted by Crippen LogP contribution is -2.32. The monoisotopic (exact) mass is 401 g/mol. The van der Waals surface area contributed by atoms with Crippen molar-refractivity contribution in [3.63, 3.8) is 0 Å². The van der Waals surface area contributed by atoms with E-state index in [0.29, 0.717) is 12.8 Å². The van der Waals surface area contributed by atoms with E-state index in [1.54, 1.807) is 11.8 Å². The van der Waals surface area contributed by atoms with Crippen LogP contribution in [0.4, 0.5) is 0 Å². The van der Waals surface area contributed by atoms with Crippen molar-refractivity contribution in [1.29, 1.82) is 0 Å². The maximum absolute atomic E-state index is 11.7. The molecular formula is C22H43NO3S. The second-order valence-electron chi connectivity index (χ2n) is 7.73. The average molecular weight is 402 g/mol. The first-order valence-corrected chi connectivity index (χ1v) is 12.5. The quantitative estimate of drug-likeness (QED) is 0.232. The molecule has 0 aromatic rings. The number of carboxylic acid groups (broad SMARTS) is 1. The Morgan fingerprint density at radius 2 is 1.04 bits per heavy atom. The minimum atomic E-state index is -0.670. The number of carbonyl (C=O) groups excluding carboxylic acids is 1. The molecule has 0 fully saturated rings. The van der Waals surface area contributed by atoms with Gasteiger partial charge in [-0.05, 0) is 19.1 Å². The van der Waals surface area contributed by atoms with E-state index in [-0.39, 0.29) is 11.8 Å². The standard InChI is InChI=1S/C22H43NO3S/c1-27-19-20(23)21(24)17-15-13-11-9-7-5-3-2-4-6-8-10-12-14-16-18-22(25)26/h20H,2-19,23H2,1H3,(H,25,26). The minimum absolute atomic E-state index is 0.226. The molecule has 0 heterocycles. The van der Waals surface area contributed by atoms with Crippen LogP contribution in [0.2, 0.25) is 0 Å². The summed E-state index contributed by atoms with van der Waals surface area (Å²) in [4.78, 5) is 22.1. The van der Waals surface area contributed by atoms with E-state index >= 15 is 0 Å². The smallest absolute Gasteiger partial charge is 0.303 e. The van der Waals surface area contributed by atoms with Gasteiger partial charge in [0, 0.05) is 18.6 Å². The molecule has 3 N–H and O–H groups in total. The summed E-state index contributed by atoms with van der Waals surface area (Å²) in [7, 11) is 0. The molecule has 0 bridgehead atoms. The number of nitrogens with two attached hydrogens (primary N) is 1. The zero-order chi connectivity index (χ0) is 20.2. The van der Waals surface area contributed by atoms with Gasteiger partial charge in [-0.15, -0.1) is 0 Å². The van der Waals surface area contributed by atoms with Crippen molar-refractivity contribution in [2.24, 2.45) is 5.73 Å². The van der Waals surface area contributed by atoms with E-state index in [1.165, 1.54) is 70.6 Å². The summed E-state index contributed by atoms with van der Waals surface area (Å²) in [6.07, 6.45) is 21.3. The zero-order valence-electron chi connectivity index (χ0n) is 17.6. The normalized spacial score (nSPS) is 12.2. The predicted molar refractivity (Wildman–Crippen MR) is 117 cm³/mol. The van der Waals surface area contributed by atoms with E-state index in [9.17, 15) is 9.59 Å². The molecule has 4 nitrogen and oxygen atoms in total. The first kappa shape index (κ1) is 26.4. The topological polar surface area (TPSA) is 80.4 Å². The molecule has 1 unspecified atom stereocenters. The lowest BCUT2D eigenvalue weighted by molar-refractivity contribution is -0.137. The van der Waals surface area contributed by atoms with Crippen LogP contribution in [0.25, 0.3) is 0 Å². The second kappa shape index (κ2) is 20.2. The number of carbonyl (C=O) groups is 2. The minimum Gasteiger partial charge on any atom is -0.481 e. The van der Waals surface area contributed by atoms with Crippen molar-refractivity contribution < 1.29 is 14.7 Å². The molecule has 160 valence electrons. The molecule has 0 saturated carbocycles. The Hall–Kier alpha value is -0.550. The summed E-state index contributed by atoms with van der Waals surface area (Å²) >= 11 is 1.64. The van der Waals surface area contributed by atoms with Gasteiger partial charge in [0.25, 0.3) is 0 Å². The fourth-order valence-electron chi connectivity index (χ4n) is 3.33. The second-order valence-corrected chi connectivity index (χ2v) is 8.64. The van der Waals surface area contributed by atoms with Crippen LogP contribution < -0.4 is 5.73 Å². The Balaban J connectivity index is 3.15. The highest BCUT2D eigenvalue weighted by Crippen LogP contribution is 2.14. The lowest BCUT2D eigenvalue weighted by Gasteiger charge is -2.08. The Kier molecular flexibility index (Phi) is 19.8. The van der Waals surface area contributed by atoms with Crippen molar-refractivity contribution in [2.75, 3.05) is 12.0 Å². The number of rotatable bonds is 21. The number of thioether (sulfide) groups is 1. The van der Waals surface area contributed by atoms with Crippen LogP contribution in [0.15, 0.2) is 0 Å². The lowest BCUT2D eigenvalue weighted by atomic mass is 10.0. The van der Waals surface area contributed by atoms with E-state index in [0.717, 1.165) is 31.4 Å². The van der Waals surface area contributed by atoms with Crippen LogP contribution >= 0.6 is 11.8 Å². The van der Waals surface area contributed by atoms with Crippen molar-refractivity contribution in [3.05, 3.63) is 0 Å². The largest absolute Gasteiger partial charge is 0.481 e. The van der Waals surface area contributed by atoms with Gasteiger partial charge < -0.3 is 10.8 Å². The summed E-state index contributed by atoms with van der Waals surface area (Å²) in [6, 6.07) is -0.267. The van der Waals surface area contributed by atoms with Crippen molar-refractivity contribution in [3.8, 4) is 0 Å². The van der Waals surface area contributed by atoms with Gasteiger partial charge in [0.1, 0.15) is 5.78 Å². The molecule has 0 aliphatic carbocycles. The first-order valence-electron chi connectivity index (χ1n) is 11.1. The molecule has 0 aliphatic rings. The van der Waals surface area contributed by atoms with Gasteiger partial charge in [0.15, 0.2) is 0 Å².